The zero-order valence-electron chi connectivity index (χ0n) is 16.1. The fraction of sp³-hybridized carbons (Fsp3) is 0.500. The van der Waals surface area contributed by atoms with Gasteiger partial charge in [-0.15, -0.1) is 10.2 Å². The average Bonchev–Trinajstić information content (AvgIpc) is 3.38. The van der Waals surface area contributed by atoms with E-state index in [-0.39, 0.29) is 23.0 Å². The van der Waals surface area contributed by atoms with E-state index in [2.05, 4.69) is 54.5 Å². The number of nitrogens with zero attached hydrogens (tertiary/aromatic N) is 3. The quantitative estimate of drug-likeness (QED) is 0.759. The second kappa shape index (κ2) is 7.35. The standard InChI is InChI=1S/C20H24N4O2S/c1-19(2,3)14-7-5-13(6-8-14)17-23-24-18(26-17)27-11-16(25)22-20(4,12-21)15-9-10-15/h5-8,15H,9-11H2,1-4H3,(H,22,25). The van der Waals surface area contributed by atoms with Crippen LogP contribution in [0.4, 0.5) is 0 Å². The van der Waals surface area contributed by atoms with Crippen molar-refractivity contribution in [3.63, 3.8) is 0 Å². The minimum absolute atomic E-state index is 0.0835. The summed E-state index contributed by atoms with van der Waals surface area (Å²) in [5.74, 6) is 0.611. The van der Waals surface area contributed by atoms with E-state index in [1.165, 1.54) is 17.3 Å². The van der Waals surface area contributed by atoms with Gasteiger partial charge in [-0.25, -0.2) is 0 Å². The van der Waals surface area contributed by atoms with Gasteiger partial charge in [0.05, 0.1) is 11.8 Å². The second-order valence-corrected chi connectivity index (χ2v) is 9.05. The predicted molar refractivity (Wildman–Crippen MR) is 104 cm³/mol. The van der Waals surface area contributed by atoms with Gasteiger partial charge in [-0.1, -0.05) is 44.7 Å². The maximum atomic E-state index is 12.2. The van der Waals surface area contributed by atoms with E-state index < -0.39 is 5.54 Å². The van der Waals surface area contributed by atoms with Crippen molar-refractivity contribution >= 4 is 17.7 Å². The molecule has 142 valence electrons. The van der Waals surface area contributed by atoms with Crippen LogP contribution < -0.4 is 5.32 Å². The molecule has 2 aromatic rings. The third kappa shape index (κ3) is 4.69. The molecule has 0 radical (unpaired) electrons. The van der Waals surface area contributed by atoms with Gasteiger partial charge in [0.1, 0.15) is 5.54 Å². The number of amides is 1. The molecule has 1 amide bonds. The van der Waals surface area contributed by atoms with Gasteiger partial charge >= 0.3 is 0 Å². The zero-order valence-corrected chi connectivity index (χ0v) is 16.9. The van der Waals surface area contributed by atoms with Crippen molar-refractivity contribution in [1.82, 2.24) is 15.5 Å². The monoisotopic (exact) mass is 384 g/mol. The minimum atomic E-state index is -0.785. The molecule has 6 nitrogen and oxygen atoms in total. The molecule has 7 heteroatoms. The maximum absolute atomic E-state index is 12.2. The molecule has 1 saturated carbocycles. The molecule has 1 aliphatic rings. The lowest BCUT2D eigenvalue weighted by Crippen LogP contribution is -2.47. The smallest absolute Gasteiger partial charge is 0.277 e. The Balaban J connectivity index is 1.58. The molecule has 1 aromatic heterocycles. The summed E-state index contributed by atoms with van der Waals surface area (Å²) in [5.41, 5.74) is 1.37. The van der Waals surface area contributed by atoms with Crippen LogP contribution in [0.1, 0.15) is 46.1 Å². The molecule has 0 aliphatic heterocycles. The largest absolute Gasteiger partial charge is 0.411 e. The first-order valence-corrected chi connectivity index (χ1v) is 9.99. The summed E-state index contributed by atoms with van der Waals surface area (Å²) >= 11 is 1.17. The van der Waals surface area contributed by atoms with E-state index in [4.69, 9.17) is 4.42 Å². The Bertz CT molecular complexity index is 859. The highest BCUT2D eigenvalue weighted by Gasteiger charge is 2.42. The molecule has 27 heavy (non-hydrogen) atoms. The van der Waals surface area contributed by atoms with Gasteiger partial charge in [0.25, 0.3) is 5.22 Å². The first-order valence-electron chi connectivity index (χ1n) is 9.01. The van der Waals surface area contributed by atoms with Crippen LogP contribution in [-0.4, -0.2) is 27.4 Å². The lowest BCUT2D eigenvalue weighted by atomic mass is 9.87. The Kier molecular flexibility index (Phi) is 5.29. The van der Waals surface area contributed by atoms with Gasteiger partial charge in [-0.3, -0.25) is 4.79 Å². The van der Waals surface area contributed by atoms with E-state index in [1.54, 1.807) is 6.92 Å². The fourth-order valence-electron chi connectivity index (χ4n) is 2.83. The summed E-state index contributed by atoms with van der Waals surface area (Å²) in [6, 6.07) is 10.3. The number of nitriles is 1. The Morgan fingerprint density at radius 1 is 1.26 bits per heavy atom. The molecule has 1 aliphatic carbocycles. The number of thioether (sulfide) groups is 1. The number of nitrogens with one attached hydrogen (secondary N) is 1. The summed E-state index contributed by atoms with van der Waals surface area (Å²) in [7, 11) is 0. The molecule has 1 N–H and O–H groups in total. The summed E-state index contributed by atoms with van der Waals surface area (Å²) in [6.45, 7) is 8.26. The molecule has 3 rings (SSSR count). The Hall–Kier alpha value is -2.33. The number of rotatable bonds is 6. The summed E-state index contributed by atoms with van der Waals surface area (Å²) < 4.78 is 5.66. The van der Waals surface area contributed by atoms with E-state index in [0.717, 1.165) is 18.4 Å². The summed E-state index contributed by atoms with van der Waals surface area (Å²) in [5, 5.41) is 20.5. The van der Waals surface area contributed by atoms with Crippen LogP contribution in [0.2, 0.25) is 0 Å². The SMILES string of the molecule is CC(C)(C)c1ccc(-c2nnc(SCC(=O)NC(C)(C#N)C3CC3)o2)cc1. The first-order chi connectivity index (χ1) is 12.7. The lowest BCUT2D eigenvalue weighted by Gasteiger charge is -2.22. The molecular formula is C20H24N4O2S. The Morgan fingerprint density at radius 2 is 1.93 bits per heavy atom. The highest BCUT2D eigenvalue weighted by molar-refractivity contribution is 7.99. The number of carbonyl (C=O) groups excluding carboxylic acids is 1. The maximum Gasteiger partial charge on any atom is 0.277 e. The van der Waals surface area contributed by atoms with Crippen molar-refractivity contribution < 1.29 is 9.21 Å². The van der Waals surface area contributed by atoms with Gasteiger partial charge in [-0.05, 0) is 48.8 Å². The van der Waals surface area contributed by atoms with Crippen molar-refractivity contribution in [2.45, 2.75) is 56.7 Å². The molecule has 0 saturated heterocycles. The number of hydrogen-bond acceptors (Lipinski definition) is 6. The zero-order chi connectivity index (χ0) is 19.7. The molecular weight excluding hydrogens is 360 g/mol. The highest BCUT2D eigenvalue weighted by Crippen LogP contribution is 2.39. The van der Waals surface area contributed by atoms with Gasteiger partial charge in [0, 0.05) is 5.56 Å². The molecule has 1 aromatic carbocycles. The fourth-order valence-corrected chi connectivity index (χ4v) is 3.40. The van der Waals surface area contributed by atoms with Crippen LogP contribution in [0, 0.1) is 17.2 Å². The summed E-state index contributed by atoms with van der Waals surface area (Å²) in [4.78, 5) is 12.2. The molecule has 1 atom stereocenters. The topological polar surface area (TPSA) is 91.8 Å². The molecule has 0 bridgehead atoms. The van der Waals surface area contributed by atoms with Gasteiger partial charge in [-0.2, -0.15) is 5.26 Å². The molecule has 1 unspecified atom stereocenters. The van der Waals surface area contributed by atoms with Crippen LogP contribution in [0.25, 0.3) is 11.5 Å². The highest BCUT2D eigenvalue weighted by atomic mass is 32.2. The van der Waals surface area contributed by atoms with E-state index in [0.29, 0.717) is 11.1 Å². The minimum Gasteiger partial charge on any atom is -0.411 e. The van der Waals surface area contributed by atoms with E-state index >= 15 is 0 Å². The normalized spacial score (nSPS) is 16.4. The Morgan fingerprint density at radius 3 is 2.48 bits per heavy atom. The van der Waals surface area contributed by atoms with E-state index in [9.17, 15) is 10.1 Å². The average molecular weight is 385 g/mol. The summed E-state index contributed by atoms with van der Waals surface area (Å²) in [6.07, 6.45) is 1.97. The van der Waals surface area contributed by atoms with Crippen molar-refractivity contribution in [3.8, 4) is 17.5 Å². The van der Waals surface area contributed by atoms with Gasteiger partial charge < -0.3 is 9.73 Å². The van der Waals surface area contributed by atoms with Crippen LogP contribution in [0.5, 0.6) is 0 Å². The first kappa shape index (κ1) is 19.4. The molecule has 1 fully saturated rings. The van der Waals surface area contributed by atoms with Crippen molar-refractivity contribution in [2.75, 3.05) is 5.75 Å². The van der Waals surface area contributed by atoms with Gasteiger partial charge in [0.2, 0.25) is 11.8 Å². The van der Waals surface area contributed by atoms with Crippen LogP contribution >= 0.6 is 11.8 Å². The number of benzene rings is 1. The second-order valence-electron chi connectivity index (χ2n) is 8.13. The predicted octanol–water partition coefficient (Wildman–Crippen LogP) is 3.93. The van der Waals surface area contributed by atoms with Crippen LogP contribution in [0.15, 0.2) is 33.9 Å². The van der Waals surface area contributed by atoms with Crippen molar-refractivity contribution in [1.29, 1.82) is 5.26 Å². The number of hydrogen-bond donors (Lipinski definition) is 1. The van der Waals surface area contributed by atoms with Crippen LogP contribution in [-0.2, 0) is 10.2 Å². The van der Waals surface area contributed by atoms with Crippen LogP contribution in [0.3, 0.4) is 0 Å². The van der Waals surface area contributed by atoms with E-state index in [1.807, 2.05) is 12.1 Å². The number of aromatic nitrogens is 2. The van der Waals surface area contributed by atoms with Crippen molar-refractivity contribution in [3.05, 3.63) is 29.8 Å². The third-order valence-electron chi connectivity index (χ3n) is 4.76. The Labute approximate surface area is 163 Å². The third-order valence-corrected chi connectivity index (χ3v) is 5.57. The lowest BCUT2D eigenvalue weighted by molar-refractivity contribution is -0.119. The van der Waals surface area contributed by atoms with Gasteiger partial charge in [0.15, 0.2) is 0 Å². The molecule has 1 heterocycles. The van der Waals surface area contributed by atoms with Crippen molar-refractivity contribution in [2.24, 2.45) is 5.92 Å². The molecule has 0 spiro atoms. The number of carbonyl (C=O) groups is 1.